The molecule has 0 spiro atoms. The largest absolute Gasteiger partial charge is 0.497 e. The summed E-state index contributed by atoms with van der Waals surface area (Å²) >= 11 is 0. The second-order valence-corrected chi connectivity index (χ2v) is 3.91. The van der Waals surface area contributed by atoms with Gasteiger partial charge in [0.05, 0.1) is 24.8 Å². The van der Waals surface area contributed by atoms with E-state index in [2.05, 4.69) is 11.6 Å². The van der Waals surface area contributed by atoms with Crippen LogP contribution < -0.4 is 4.74 Å². The first-order valence-corrected chi connectivity index (χ1v) is 6.03. The van der Waals surface area contributed by atoms with Gasteiger partial charge in [-0.3, -0.25) is 0 Å². The summed E-state index contributed by atoms with van der Waals surface area (Å²) in [4.78, 5) is 16.2. The van der Waals surface area contributed by atoms with Crippen molar-refractivity contribution in [3.8, 4) is 5.75 Å². The smallest absolute Gasteiger partial charge is 0.374 e. The molecule has 5 heteroatoms. The third-order valence-corrected chi connectivity index (χ3v) is 2.73. The Bertz CT molecular complexity index is 616. The van der Waals surface area contributed by atoms with E-state index >= 15 is 0 Å². The van der Waals surface area contributed by atoms with E-state index in [4.69, 9.17) is 9.47 Å². The number of hydrogen-bond donors (Lipinski definition) is 0. The van der Waals surface area contributed by atoms with Gasteiger partial charge in [-0.05, 0) is 19.1 Å². The first-order chi connectivity index (χ1) is 9.21. The molecule has 0 unspecified atom stereocenters. The summed E-state index contributed by atoms with van der Waals surface area (Å²) in [6, 6.07) is 5.47. The second kappa shape index (κ2) is 5.56. The molecule has 100 valence electrons. The summed E-state index contributed by atoms with van der Waals surface area (Å²) < 4.78 is 12.0. The lowest BCUT2D eigenvalue weighted by Crippen LogP contribution is -2.13. The molecule has 2 aromatic rings. The number of aromatic nitrogens is 2. The fourth-order valence-corrected chi connectivity index (χ4v) is 1.89. The highest BCUT2D eigenvalue weighted by molar-refractivity contribution is 5.91. The zero-order valence-corrected chi connectivity index (χ0v) is 11.0. The highest BCUT2D eigenvalue weighted by atomic mass is 16.5. The quantitative estimate of drug-likeness (QED) is 0.612. The van der Waals surface area contributed by atoms with Gasteiger partial charge in [-0.1, -0.05) is 6.08 Å². The lowest BCUT2D eigenvalue weighted by molar-refractivity contribution is 0.0508. The molecule has 0 radical (unpaired) electrons. The van der Waals surface area contributed by atoms with Gasteiger partial charge in [-0.15, -0.1) is 6.58 Å². The van der Waals surface area contributed by atoms with E-state index in [1.54, 1.807) is 24.7 Å². The van der Waals surface area contributed by atoms with Crippen molar-refractivity contribution in [2.24, 2.45) is 0 Å². The number of methoxy groups -OCH3 is 1. The maximum atomic E-state index is 11.9. The molecule has 0 atom stereocenters. The molecule has 1 aromatic carbocycles. The third kappa shape index (κ3) is 2.45. The van der Waals surface area contributed by atoms with E-state index in [1.165, 1.54) is 0 Å². The van der Waals surface area contributed by atoms with Gasteiger partial charge in [-0.2, -0.15) is 0 Å². The van der Waals surface area contributed by atoms with Crippen molar-refractivity contribution in [1.29, 1.82) is 0 Å². The number of allylic oxidation sites excluding steroid dienone is 1. The lowest BCUT2D eigenvalue weighted by Gasteiger charge is -2.06. The summed E-state index contributed by atoms with van der Waals surface area (Å²) in [5, 5.41) is 0. The topological polar surface area (TPSA) is 53.4 Å². The fourth-order valence-electron chi connectivity index (χ4n) is 1.89. The Balaban J connectivity index is 2.59. The summed E-state index contributed by atoms with van der Waals surface area (Å²) in [6.45, 7) is 6.27. The molecule has 19 heavy (non-hydrogen) atoms. The van der Waals surface area contributed by atoms with Crippen LogP contribution in [0, 0.1) is 0 Å². The number of imidazole rings is 1. The molecule has 0 saturated heterocycles. The van der Waals surface area contributed by atoms with Gasteiger partial charge in [0.15, 0.2) is 0 Å². The van der Waals surface area contributed by atoms with Crippen LogP contribution in [-0.2, 0) is 11.3 Å². The molecule has 1 aromatic heterocycles. The predicted octanol–water partition coefficient (Wildman–Crippen LogP) is 2.41. The number of nitrogens with zero attached hydrogens (tertiary/aromatic N) is 2. The van der Waals surface area contributed by atoms with E-state index in [0.717, 1.165) is 11.0 Å². The molecule has 0 aliphatic rings. The SMILES string of the molecule is C=CCn1c(C(=O)OCC)nc2ccc(OC)cc21. The van der Waals surface area contributed by atoms with Crippen LogP contribution in [0.1, 0.15) is 17.5 Å². The van der Waals surface area contributed by atoms with Crippen LogP contribution >= 0.6 is 0 Å². The predicted molar refractivity (Wildman–Crippen MR) is 72.4 cm³/mol. The normalized spacial score (nSPS) is 10.4. The highest BCUT2D eigenvalue weighted by Gasteiger charge is 2.18. The van der Waals surface area contributed by atoms with Crippen molar-refractivity contribution in [2.45, 2.75) is 13.5 Å². The minimum absolute atomic E-state index is 0.282. The number of fused-ring (bicyclic) bond motifs is 1. The second-order valence-electron chi connectivity index (χ2n) is 3.91. The van der Waals surface area contributed by atoms with E-state index in [9.17, 15) is 4.79 Å². The first kappa shape index (κ1) is 13.1. The van der Waals surface area contributed by atoms with Crippen molar-refractivity contribution in [3.05, 3.63) is 36.7 Å². The molecular formula is C14H16N2O3. The zero-order chi connectivity index (χ0) is 13.8. The van der Waals surface area contributed by atoms with Crippen LogP contribution in [0.5, 0.6) is 5.75 Å². The van der Waals surface area contributed by atoms with E-state index in [1.807, 2.05) is 18.2 Å². The highest BCUT2D eigenvalue weighted by Crippen LogP contribution is 2.22. The number of hydrogen-bond acceptors (Lipinski definition) is 4. The van der Waals surface area contributed by atoms with Gasteiger partial charge in [0, 0.05) is 12.6 Å². The molecule has 5 nitrogen and oxygen atoms in total. The molecule has 0 amide bonds. The molecule has 0 bridgehead atoms. The van der Waals surface area contributed by atoms with Crippen LogP contribution in [0.25, 0.3) is 11.0 Å². The number of carbonyl (C=O) groups excluding carboxylic acids is 1. The maximum Gasteiger partial charge on any atom is 0.374 e. The number of carbonyl (C=O) groups is 1. The van der Waals surface area contributed by atoms with Crippen molar-refractivity contribution in [1.82, 2.24) is 9.55 Å². The number of esters is 1. The molecule has 2 rings (SSSR count). The van der Waals surface area contributed by atoms with Crippen molar-refractivity contribution < 1.29 is 14.3 Å². The fraction of sp³-hybridized carbons (Fsp3) is 0.286. The Morgan fingerprint density at radius 3 is 2.95 bits per heavy atom. The summed E-state index contributed by atoms with van der Waals surface area (Å²) in [7, 11) is 1.60. The maximum absolute atomic E-state index is 11.9. The first-order valence-electron chi connectivity index (χ1n) is 6.03. The minimum atomic E-state index is -0.431. The summed E-state index contributed by atoms with van der Waals surface area (Å²) in [6.07, 6.45) is 1.71. The molecule has 0 fully saturated rings. The molecule has 0 N–H and O–H groups in total. The van der Waals surface area contributed by atoms with Crippen molar-refractivity contribution in [2.75, 3.05) is 13.7 Å². The minimum Gasteiger partial charge on any atom is -0.497 e. The Kier molecular flexibility index (Phi) is 3.85. The van der Waals surface area contributed by atoms with Gasteiger partial charge < -0.3 is 14.0 Å². The molecule has 0 aliphatic carbocycles. The van der Waals surface area contributed by atoms with Crippen molar-refractivity contribution >= 4 is 17.0 Å². The average Bonchev–Trinajstić information content (AvgIpc) is 2.78. The Morgan fingerprint density at radius 2 is 2.32 bits per heavy atom. The van der Waals surface area contributed by atoms with E-state index in [-0.39, 0.29) is 5.82 Å². The summed E-state index contributed by atoms with van der Waals surface area (Å²) in [5.41, 5.74) is 1.55. The number of rotatable bonds is 5. The van der Waals surface area contributed by atoms with Gasteiger partial charge in [0.25, 0.3) is 0 Å². The van der Waals surface area contributed by atoms with Crippen LogP contribution in [0.3, 0.4) is 0 Å². The van der Waals surface area contributed by atoms with Gasteiger partial charge in [0.1, 0.15) is 5.75 Å². The van der Waals surface area contributed by atoms with Gasteiger partial charge in [-0.25, -0.2) is 9.78 Å². The van der Waals surface area contributed by atoms with Crippen molar-refractivity contribution in [3.63, 3.8) is 0 Å². The van der Waals surface area contributed by atoms with Crippen LogP contribution in [0.15, 0.2) is 30.9 Å². The molecular weight excluding hydrogens is 244 g/mol. The molecule has 0 saturated carbocycles. The van der Waals surface area contributed by atoms with Gasteiger partial charge >= 0.3 is 5.97 Å². The van der Waals surface area contributed by atoms with Gasteiger partial charge in [0.2, 0.25) is 5.82 Å². The Hall–Kier alpha value is -2.30. The molecule has 0 aliphatic heterocycles. The average molecular weight is 260 g/mol. The zero-order valence-electron chi connectivity index (χ0n) is 11.0. The number of ether oxygens (including phenoxy) is 2. The van der Waals surface area contributed by atoms with Crippen LogP contribution in [0.4, 0.5) is 0 Å². The third-order valence-electron chi connectivity index (χ3n) is 2.73. The standard InChI is InChI=1S/C14H16N2O3/c1-4-8-16-12-9-10(18-3)6-7-11(12)15-13(16)14(17)19-5-2/h4,6-7,9H,1,5,8H2,2-3H3. The molecule has 1 heterocycles. The van der Waals surface area contributed by atoms with Crippen LogP contribution in [-0.4, -0.2) is 29.2 Å². The van der Waals surface area contributed by atoms with E-state index < -0.39 is 5.97 Å². The Morgan fingerprint density at radius 1 is 1.53 bits per heavy atom. The lowest BCUT2D eigenvalue weighted by atomic mass is 10.3. The summed E-state index contributed by atoms with van der Waals surface area (Å²) in [5.74, 6) is 0.567. The Labute approximate surface area is 111 Å². The number of benzene rings is 1. The van der Waals surface area contributed by atoms with Crippen LogP contribution in [0.2, 0.25) is 0 Å². The monoisotopic (exact) mass is 260 g/mol. The van der Waals surface area contributed by atoms with E-state index in [0.29, 0.717) is 18.9 Å².